The average Bonchev–Trinajstić information content (AvgIpc) is 2.59. The molecule has 2 amide bonds. The second kappa shape index (κ2) is 12.2. The van der Waals surface area contributed by atoms with Crippen LogP contribution in [0.25, 0.3) is 0 Å². The number of carbonyl (C=O) groups excluding carboxylic acids is 2. The van der Waals surface area contributed by atoms with Gasteiger partial charge in [-0.25, -0.2) is 0 Å². The van der Waals surface area contributed by atoms with Crippen molar-refractivity contribution in [2.45, 2.75) is 25.7 Å². The lowest BCUT2D eigenvalue weighted by atomic mass is 9.98. The second-order valence-electron chi connectivity index (χ2n) is 6.61. The Morgan fingerprint density at radius 3 is 1.50 bits per heavy atom. The van der Waals surface area contributed by atoms with Crippen LogP contribution < -0.4 is 10.6 Å². The molecule has 2 saturated heterocycles. The molecule has 2 aliphatic rings. The zero-order valence-electron chi connectivity index (χ0n) is 14.8. The van der Waals surface area contributed by atoms with Crippen molar-refractivity contribution in [3.05, 3.63) is 0 Å². The van der Waals surface area contributed by atoms with Crippen molar-refractivity contribution < 1.29 is 9.59 Å². The lowest BCUT2D eigenvalue weighted by molar-refractivity contribution is -0.138. The number of halogens is 2. The van der Waals surface area contributed by atoms with Crippen molar-refractivity contribution in [3.63, 3.8) is 0 Å². The van der Waals surface area contributed by atoms with Gasteiger partial charge in [-0.2, -0.15) is 0 Å². The van der Waals surface area contributed by atoms with Crippen molar-refractivity contribution in [2.75, 3.05) is 53.4 Å². The van der Waals surface area contributed by atoms with E-state index in [1.807, 2.05) is 14.1 Å². The van der Waals surface area contributed by atoms with Crippen molar-refractivity contribution in [3.8, 4) is 0 Å². The summed E-state index contributed by atoms with van der Waals surface area (Å²) in [6.45, 7) is 4.81. The first-order chi connectivity index (χ1) is 10.6. The number of piperidine rings is 2. The van der Waals surface area contributed by atoms with Gasteiger partial charge in [0.15, 0.2) is 0 Å². The van der Waals surface area contributed by atoms with Gasteiger partial charge >= 0.3 is 0 Å². The van der Waals surface area contributed by atoms with Crippen LogP contribution in [0.4, 0.5) is 0 Å². The molecule has 24 heavy (non-hydrogen) atoms. The molecule has 0 aliphatic carbocycles. The zero-order valence-corrected chi connectivity index (χ0v) is 18.2. The quantitative estimate of drug-likeness (QED) is 0.629. The molecule has 0 saturated carbocycles. The highest BCUT2D eigenvalue weighted by Gasteiger charge is 2.26. The fourth-order valence-corrected chi connectivity index (χ4v) is 3.27. The van der Waals surface area contributed by atoms with Gasteiger partial charge in [-0.3, -0.25) is 9.59 Å². The Hall–Kier alpha value is -0.180. The maximum absolute atomic E-state index is 12.4. The largest absolute Gasteiger partial charge is 0.344 e. The summed E-state index contributed by atoms with van der Waals surface area (Å²) in [6, 6.07) is 0. The third kappa shape index (κ3) is 6.98. The van der Waals surface area contributed by atoms with Crippen molar-refractivity contribution in [1.29, 1.82) is 0 Å². The lowest BCUT2D eigenvalue weighted by Crippen LogP contribution is -2.46. The van der Waals surface area contributed by atoms with Crippen LogP contribution in [0.15, 0.2) is 0 Å². The van der Waals surface area contributed by atoms with Gasteiger partial charge in [-0.05, 0) is 38.8 Å². The first kappa shape index (κ1) is 23.8. The molecule has 2 aliphatic heterocycles. The first-order valence-corrected chi connectivity index (χ1v) is 8.51. The Kier molecular flexibility index (Phi) is 12.1. The number of hydrogen-bond donors (Lipinski definition) is 2. The molecule has 142 valence electrons. The highest BCUT2D eigenvalue weighted by atomic mass is 79.9. The Labute approximate surface area is 166 Å². The predicted octanol–water partition coefficient (Wildman–Crippen LogP) is 1.06. The van der Waals surface area contributed by atoms with Crippen LogP contribution in [-0.4, -0.2) is 75.0 Å². The summed E-state index contributed by atoms with van der Waals surface area (Å²) in [7, 11) is 3.69. The van der Waals surface area contributed by atoms with E-state index in [-0.39, 0.29) is 57.6 Å². The fourth-order valence-electron chi connectivity index (χ4n) is 3.27. The second-order valence-corrected chi connectivity index (χ2v) is 6.61. The van der Waals surface area contributed by atoms with Gasteiger partial charge in [-0.1, -0.05) is 0 Å². The van der Waals surface area contributed by atoms with Crippen LogP contribution in [0.3, 0.4) is 0 Å². The minimum absolute atomic E-state index is 0. The van der Waals surface area contributed by atoms with E-state index in [1.54, 1.807) is 9.80 Å². The van der Waals surface area contributed by atoms with E-state index in [0.717, 1.165) is 51.9 Å². The van der Waals surface area contributed by atoms with Gasteiger partial charge in [-0.15, -0.1) is 34.0 Å². The first-order valence-electron chi connectivity index (χ1n) is 8.51. The van der Waals surface area contributed by atoms with Gasteiger partial charge < -0.3 is 20.4 Å². The molecule has 2 fully saturated rings. The molecule has 6 nitrogen and oxygen atoms in total. The molecule has 0 aromatic carbocycles. The average molecular weight is 472 g/mol. The maximum atomic E-state index is 12.4. The standard InChI is InChI=1S/C16H30N4O2.2BrH/c1-19(15(21)13-5-3-7-17-11-13)9-10-20(2)16(22)14-6-4-8-18-12-14;;/h13-14,17-18H,3-12H2,1-2H3;2*1H. The van der Waals surface area contributed by atoms with E-state index in [4.69, 9.17) is 0 Å². The van der Waals surface area contributed by atoms with E-state index in [1.165, 1.54) is 0 Å². The number of amides is 2. The Morgan fingerprint density at radius 2 is 1.21 bits per heavy atom. The minimum Gasteiger partial charge on any atom is -0.344 e. The molecule has 0 aromatic rings. The van der Waals surface area contributed by atoms with Gasteiger partial charge in [0.2, 0.25) is 11.8 Å². The number of carbonyl (C=O) groups is 2. The Bertz CT molecular complexity index is 350. The number of nitrogens with one attached hydrogen (secondary N) is 2. The maximum Gasteiger partial charge on any atom is 0.226 e. The molecular formula is C16H32Br2N4O2. The van der Waals surface area contributed by atoms with E-state index in [2.05, 4.69) is 10.6 Å². The number of likely N-dealkylation sites (N-methyl/N-ethyl adjacent to an activating group) is 2. The molecule has 2 rings (SSSR count). The van der Waals surface area contributed by atoms with Crippen LogP contribution in [-0.2, 0) is 9.59 Å². The van der Waals surface area contributed by atoms with E-state index < -0.39 is 0 Å². The Morgan fingerprint density at radius 1 is 0.833 bits per heavy atom. The van der Waals surface area contributed by atoms with E-state index in [9.17, 15) is 9.59 Å². The van der Waals surface area contributed by atoms with Crippen LogP contribution >= 0.6 is 34.0 Å². The third-order valence-electron chi connectivity index (χ3n) is 4.82. The van der Waals surface area contributed by atoms with Crippen molar-refractivity contribution >= 4 is 45.8 Å². The van der Waals surface area contributed by atoms with Crippen LogP contribution in [0.5, 0.6) is 0 Å². The summed E-state index contributed by atoms with van der Waals surface area (Å²) >= 11 is 0. The predicted molar refractivity (Wildman–Crippen MR) is 107 cm³/mol. The number of rotatable bonds is 5. The summed E-state index contributed by atoms with van der Waals surface area (Å²) in [5.74, 6) is 0.601. The lowest BCUT2D eigenvalue weighted by Gasteiger charge is -2.30. The molecule has 2 N–H and O–H groups in total. The highest BCUT2D eigenvalue weighted by molar-refractivity contribution is 8.93. The molecule has 0 bridgehead atoms. The molecular weight excluding hydrogens is 440 g/mol. The van der Waals surface area contributed by atoms with Gasteiger partial charge in [0.05, 0.1) is 11.8 Å². The number of nitrogens with zero attached hydrogens (tertiary/aromatic N) is 2. The smallest absolute Gasteiger partial charge is 0.226 e. The summed E-state index contributed by atoms with van der Waals surface area (Å²) < 4.78 is 0. The molecule has 0 aromatic heterocycles. The van der Waals surface area contributed by atoms with E-state index >= 15 is 0 Å². The normalized spacial score (nSPS) is 23.4. The summed E-state index contributed by atoms with van der Waals surface area (Å²) in [5.41, 5.74) is 0. The number of hydrogen-bond acceptors (Lipinski definition) is 4. The molecule has 8 heteroatoms. The summed E-state index contributed by atoms with van der Waals surface area (Å²) in [4.78, 5) is 28.3. The van der Waals surface area contributed by atoms with E-state index in [0.29, 0.717) is 13.1 Å². The van der Waals surface area contributed by atoms with Gasteiger partial charge in [0.1, 0.15) is 0 Å². The summed E-state index contributed by atoms with van der Waals surface area (Å²) in [6.07, 6.45) is 4.08. The van der Waals surface area contributed by atoms with Crippen LogP contribution in [0, 0.1) is 11.8 Å². The monoisotopic (exact) mass is 470 g/mol. The summed E-state index contributed by atoms with van der Waals surface area (Å²) in [5, 5.41) is 6.56. The van der Waals surface area contributed by atoms with Gasteiger partial charge in [0.25, 0.3) is 0 Å². The molecule has 2 unspecified atom stereocenters. The SMILES string of the molecule is Br.Br.CN(CCN(C)C(=O)C1CCCNC1)C(=O)C1CCCNC1. The Balaban J connectivity index is 0.00000264. The van der Waals surface area contributed by atoms with Crippen molar-refractivity contribution in [2.24, 2.45) is 11.8 Å². The molecule has 0 radical (unpaired) electrons. The topological polar surface area (TPSA) is 64.7 Å². The highest BCUT2D eigenvalue weighted by Crippen LogP contribution is 2.14. The molecule has 0 spiro atoms. The van der Waals surface area contributed by atoms with Crippen LogP contribution in [0.2, 0.25) is 0 Å². The minimum atomic E-state index is 0. The molecule has 2 atom stereocenters. The molecule has 2 heterocycles. The third-order valence-corrected chi connectivity index (χ3v) is 4.82. The van der Waals surface area contributed by atoms with Crippen molar-refractivity contribution in [1.82, 2.24) is 20.4 Å². The van der Waals surface area contributed by atoms with Gasteiger partial charge in [0, 0.05) is 40.3 Å². The fraction of sp³-hybridized carbons (Fsp3) is 0.875. The zero-order chi connectivity index (χ0) is 15.9. The van der Waals surface area contributed by atoms with Crippen LogP contribution in [0.1, 0.15) is 25.7 Å².